The maximum atomic E-state index is 12.2. The molecule has 0 radical (unpaired) electrons. The fraction of sp³-hybridized carbons (Fsp3) is 0.533. The zero-order valence-electron chi connectivity index (χ0n) is 12.6. The van der Waals surface area contributed by atoms with Crippen molar-refractivity contribution in [2.75, 3.05) is 27.2 Å². The Hall–Kier alpha value is -0.810. The van der Waals surface area contributed by atoms with Crippen LogP contribution in [-0.2, 0) is 6.54 Å². The first-order chi connectivity index (χ1) is 9.15. The summed E-state index contributed by atoms with van der Waals surface area (Å²) in [6.07, 6.45) is 2.20. The number of hydrogen-bond acceptors (Lipinski definition) is 3. The zero-order chi connectivity index (χ0) is 13.7. The van der Waals surface area contributed by atoms with E-state index in [4.69, 9.17) is 0 Å². The van der Waals surface area contributed by atoms with E-state index in [-0.39, 0.29) is 36.8 Å². The molecule has 0 spiro atoms. The SMILES string of the molecule is CN(C)Cc1cccc(C(=O)N[C@H]2CCCNC2)c1.Cl.Cl. The highest BCUT2D eigenvalue weighted by Gasteiger charge is 2.16. The molecule has 2 rings (SSSR count). The highest BCUT2D eigenvalue weighted by molar-refractivity contribution is 5.94. The molecule has 1 aliphatic rings. The number of nitrogens with zero attached hydrogens (tertiary/aromatic N) is 1. The van der Waals surface area contributed by atoms with E-state index in [0.717, 1.165) is 38.0 Å². The number of nitrogens with one attached hydrogen (secondary N) is 2. The minimum Gasteiger partial charge on any atom is -0.348 e. The molecular weight excluding hydrogens is 309 g/mol. The number of amides is 1. The van der Waals surface area contributed by atoms with E-state index >= 15 is 0 Å². The molecule has 1 aliphatic heterocycles. The van der Waals surface area contributed by atoms with Crippen molar-refractivity contribution in [3.63, 3.8) is 0 Å². The molecule has 21 heavy (non-hydrogen) atoms. The van der Waals surface area contributed by atoms with Crippen LogP contribution in [0, 0.1) is 0 Å². The van der Waals surface area contributed by atoms with E-state index in [0.29, 0.717) is 0 Å². The standard InChI is InChI=1S/C15H23N3O.2ClH/c1-18(2)11-12-5-3-6-13(9-12)15(19)17-14-7-4-8-16-10-14;;/h3,5-6,9,14,16H,4,7-8,10-11H2,1-2H3,(H,17,19);2*1H/t14-;;/m0../s1. The number of piperidine rings is 1. The monoisotopic (exact) mass is 333 g/mol. The van der Waals surface area contributed by atoms with E-state index in [1.54, 1.807) is 0 Å². The van der Waals surface area contributed by atoms with Gasteiger partial charge in [-0.1, -0.05) is 12.1 Å². The zero-order valence-corrected chi connectivity index (χ0v) is 14.2. The lowest BCUT2D eigenvalue weighted by Gasteiger charge is -2.23. The summed E-state index contributed by atoms with van der Waals surface area (Å²) in [5.74, 6) is 0.0364. The van der Waals surface area contributed by atoms with Crippen LogP contribution in [0.1, 0.15) is 28.8 Å². The highest BCUT2D eigenvalue weighted by atomic mass is 35.5. The molecule has 120 valence electrons. The smallest absolute Gasteiger partial charge is 0.251 e. The molecular formula is C15H25Cl2N3O. The van der Waals surface area contributed by atoms with Gasteiger partial charge in [-0.05, 0) is 51.2 Å². The Kier molecular flexibility index (Phi) is 9.62. The Morgan fingerprint density at radius 1 is 1.38 bits per heavy atom. The van der Waals surface area contributed by atoms with Crippen LogP contribution in [0.15, 0.2) is 24.3 Å². The third-order valence-electron chi connectivity index (χ3n) is 3.32. The molecule has 4 nitrogen and oxygen atoms in total. The summed E-state index contributed by atoms with van der Waals surface area (Å²) in [6, 6.07) is 8.13. The summed E-state index contributed by atoms with van der Waals surface area (Å²) < 4.78 is 0. The van der Waals surface area contributed by atoms with E-state index in [9.17, 15) is 4.79 Å². The summed E-state index contributed by atoms with van der Waals surface area (Å²) >= 11 is 0. The van der Waals surface area contributed by atoms with Gasteiger partial charge < -0.3 is 15.5 Å². The van der Waals surface area contributed by atoms with Crippen molar-refractivity contribution in [3.05, 3.63) is 35.4 Å². The number of hydrogen-bond donors (Lipinski definition) is 2. The van der Waals surface area contributed by atoms with Crippen molar-refractivity contribution in [2.45, 2.75) is 25.4 Å². The van der Waals surface area contributed by atoms with Crippen LogP contribution in [0.2, 0.25) is 0 Å². The molecule has 1 saturated heterocycles. The Morgan fingerprint density at radius 2 is 2.14 bits per heavy atom. The van der Waals surface area contributed by atoms with Crippen LogP contribution in [0.4, 0.5) is 0 Å². The van der Waals surface area contributed by atoms with Gasteiger partial charge in [0.25, 0.3) is 5.91 Å². The minimum atomic E-state index is 0. The number of rotatable bonds is 4. The van der Waals surface area contributed by atoms with E-state index < -0.39 is 0 Å². The molecule has 1 amide bonds. The third-order valence-corrected chi connectivity index (χ3v) is 3.32. The Morgan fingerprint density at radius 3 is 2.76 bits per heavy atom. The summed E-state index contributed by atoms with van der Waals surface area (Å²) in [6.45, 7) is 2.79. The fourth-order valence-electron chi connectivity index (χ4n) is 2.42. The minimum absolute atomic E-state index is 0. The van der Waals surface area contributed by atoms with Crippen molar-refractivity contribution >= 4 is 30.7 Å². The summed E-state index contributed by atoms with van der Waals surface area (Å²) in [7, 11) is 4.06. The molecule has 1 fully saturated rings. The van der Waals surface area contributed by atoms with Crippen LogP contribution in [0.25, 0.3) is 0 Å². The Balaban J connectivity index is 0.00000200. The predicted molar refractivity (Wildman–Crippen MR) is 91.7 cm³/mol. The van der Waals surface area contributed by atoms with E-state index in [1.807, 2.05) is 32.3 Å². The summed E-state index contributed by atoms with van der Waals surface area (Å²) in [5.41, 5.74) is 1.92. The summed E-state index contributed by atoms with van der Waals surface area (Å²) in [5, 5.41) is 6.41. The topological polar surface area (TPSA) is 44.4 Å². The van der Waals surface area contributed by atoms with Gasteiger partial charge in [-0.25, -0.2) is 0 Å². The van der Waals surface area contributed by atoms with Crippen molar-refractivity contribution in [2.24, 2.45) is 0 Å². The third kappa shape index (κ3) is 6.66. The second kappa shape index (κ2) is 10.0. The lowest BCUT2D eigenvalue weighted by molar-refractivity contribution is 0.0930. The quantitative estimate of drug-likeness (QED) is 0.886. The predicted octanol–water partition coefficient (Wildman–Crippen LogP) is 2.07. The van der Waals surface area contributed by atoms with Gasteiger partial charge in [-0.2, -0.15) is 0 Å². The van der Waals surface area contributed by atoms with Crippen molar-refractivity contribution in [1.82, 2.24) is 15.5 Å². The first kappa shape index (κ1) is 20.2. The van der Waals surface area contributed by atoms with Crippen LogP contribution >= 0.6 is 24.8 Å². The van der Waals surface area contributed by atoms with Gasteiger partial charge in [0.05, 0.1) is 0 Å². The van der Waals surface area contributed by atoms with Gasteiger partial charge >= 0.3 is 0 Å². The molecule has 1 atom stereocenters. The van der Waals surface area contributed by atoms with Crippen LogP contribution in [0.5, 0.6) is 0 Å². The van der Waals surface area contributed by atoms with Crippen molar-refractivity contribution in [3.8, 4) is 0 Å². The van der Waals surface area contributed by atoms with Crippen LogP contribution < -0.4 is 10.6 Å². The van der Waals surface area contributed by atoms with Crippen molar-refractivity contribution in [1.29, 1.82) is 0 Å². The van der Waals surface area contributed by atoms with E-state index in [2.05, 4.69) is 21.6 Å². The van der Waals surface area contributed by atoms with Gasteiger partial charge in [0.1, 0.15) is 0 Å². The Labute approximate surface area is 139 Å². The molecule has 0 aromatic heterocycles. The van der Waals surface area contributed by atoms with Gasteiger partial charge in [-0.15, -0.1) is 24.8 Å². The molecule has 0 saturated carbocycles. The number of halogens is 2. The lowest BCUT2D eigenvalue weighted by atomic mass is 10.1. The second-order valence-electron chi connectivity index (χ2n) is 5.45. The number of carbonyl (C=O) groups excluding carboxylic acids is 1. The first-order valence-electron chi connectivity index (χ1n) is 6.90. The van der Waals surface area contributed by atoms with Crippen LogP contribution in [-0.4, -0.2) is 44.0 Å². The summed E-state index contributed by atoms with van der Waals surface area (Å²) in [4.78, 5) is 14.3. The number of carbonyl (C=O) groups is 1. The highest BCUT2D eigenvalue weighted by Crippen LogP contribution is 2.09. The normalized spacial score (nSPS) is 17.6. The Bertz CT molecular complexity index is 435. The average Bonchev–Trinajstić information content (AvgIpc) is 2.39. The van der Waals surface area contributed by atoms with Gasteiger partial charge in [-0.3, -0.25) is 4.79 Å². The maximum absolute atomic E-state index is 12.2. The van der Waals surface area contributed by atoms with Crippen LogP contribution in [0.3, 0.4) is 0 Å². The van der Waals surface area contributed by atoms with E-state index in [1.165, 1.54) is 5.56 Å². The molecule has 2 N–H and O–H groups in total. The molecule has 1 aromatic carbocycles. The molecule has 1 aromatic rings. The molecule has 6 heteroatoms. The average molecular weight is 334 g/mol. The van der Waals surface area contributed by atoms with Crippen molar-refractivity contribution < 1.29 is 4.79 Å². The number of benzene rings is 1. The fourth-order valence-corrected chi connectivity index (χ4v) is 2.42. The molecule has 0 aliphatic carbocycles. The van der Waals surface area contributed by atoms with Gasteiger partial charge in [0, 0.05) is 24.7 Å². The van der Waals surface area contributed by atoms with Gasteiger partial charge in [0.2, 0.25) is 0 Å². The molecule has 0 unspecified atom stereocenters. The second-order valence-corrected chi connectivity index (χ2v) is 5.45. The lowest BCUT2D eigenvalue weighted by Crippen LogP contribution is -2.45. The molecule has 1 heterocycles. The largest absolute Gasteiger partial charge is 0.348 e. The molecule has 0 bridgehead atoms. The maximum Gasteiger partial charge on any atom is 0.251 e. The first-order valence-corrected chi connectivity index (χ1v) is 6.90. The van der Waals surface area contributed by atoms with Gasteiger partial charge in [0.15, 0.2) is 0 Å².